The summed E-state index contributed by atoms with van der Waals surface area (Å²) in [6, 6.07) is -0.981. The van der Waals surface area contributed by atoms with Crippen molar-refractivity contribution in [2.75, 3.05) is 6.61 Å². The predicted molar refractivity (Wildman–Crippen MR) is 63.8 cm³/mol. The molecule has 8 heteroatoms. The first-order valence-electron chi connectivity index (χ1n) is 6.09. The molecule has 0 aromatic rings. The van der Waals surface area contributed by atoms with Crippen LogP contribution in [0.25, 0.3) is 0 Å². The smallest absolute Gasteiger partial charge is 0.221 e. The highest BCUT2D eigenvalue weighted by atomic mass is 16.5. The number of carbonyl (C=O) groups is 2. The topological polar surface area (TPSA) is 128 Å². The average Bonchev–Trinajstić information content (AvgIpc) is 2.37. The molecule has 8 nitrogen and oxygen atoms in total. The van der Waals surface area contributed by atoms with Gasteiger partial charge < -0.3 is 30.7 Å². The molecular weight excluding hydrogens is 256 g/mol. The van der Waals surface area contributed by atoms with E-state index in [0.717, 1.165) is 0 Å². The molecule has 0 aliphatic carbocycles. The minimum Gasteiger partial charge on any atom is -0.394 e. The number of ether oxygens (including phenoxy) is 1. The van der Waals surface area contributed by atoms with E-state index in [1.54, 1.807) is 6.92 Å². The molecule has 2 amide bonds. The first-order valence-corrected chi connectivity index (χ1v) is 6.09. The maximum absolute atomic E-state index is 11.4. The van der Waals surface area contributed by atoms with Crippen LogP contribution in [0.4, 0.5) is 0 Å². The van der Waals surface area contributed by atoms with Crippen LogP contribution in [0, 0.1) is 0 Å². The van der Waals surface area contributed by atoms with Crippen molar-refractivity contribution in [1.29, 1.82) is 0 Å². The Morgan fingerprint density at radius 1 is 1.21 bits per heavy atom. The van der Waals surface area contributed by atoms with Gasteiger partial charge in [0, 0.05) is 13.3 Å². The number of amides is 2. The second kappa shape index (κ2) is 6.80. The molecule has 110 valence electrons. The minimum atomic E-state index is -1.35. The van der Waals surface area contributed by atoms with E-state index in [1.807, 2.05) is 0 Å². The summed E-state index contributed by atoms with van der Waals surface area (Å²) in [5, 5.41) is 33.6. The summed E-state index contributed by atoms with van der Waals surface area (Å²) in [5.41, 5.74) is 0. The van der Waals surface area contributed by atoms with E-state index in [1.165, 1.54) is 6.92 Å². The van der Waals surface area contributed by atoms with Crippen LogP contribution < -0.4 is 10.6 Å². The second-order valence-corrected chi connectivity index (χ2v) is 4.41. The fraction of sp³-hybridized carbons (Fsp3) is 0.818. The maximum atomic E-state index is 11.4. The van der Waals surface area contributed by atoms with Crippen LogP contribution in [0.3, 0.4) is 0 Å². The molecule has 1 aliphatic heterocycles. The largest absolute Gasteiger partial charge is 0.394 e. The molecule has 0 spiro atoms. The molecule has 1 fully saturated rings. The van der Waals surface area contributed by atoms with Crippen LogP contribution in [0.15, 0.2) is 0 Å². The summed E-state index contributed by atoms with van der Waals surface area (Å²) in [5.74, 6) is -0.765. The van der Waals surface area contributed by atoms with Crippen LogP contribution in [0.5, 0.6) is 0 Å². The number of hydrogen-bond acceptors (Lipinski definition) is 6. The van der Waals surface area contributed by atoms with Gasteiger partial charge in [0.1, 0.15) is 24.4 Å². The van der Waals surface area contributed by atoms with Gasteiger partial charge in [-0.3, -0.25) is 9.59 Å². The number of carbonyl (C=O) groups excluding carboxylic acids is 2. The molecule has 1 aliphatic rings. The molecule has 0 radical (unpaired) electrons. The zero-order valence-corrected chi connectivity index (χ0v) is 10.9. The summed E-state index contributed by atoms with van der Waals surface area (Å²) in [7, 11) is 0. The van der Waals surface area contributed by atoms with Crippen molar-refractivity contribution in [2.45, 2.75) is 50.8 Å². The van der Waals surface area contributed by atoms with Crippen LogP contribution in [-0.2, 0) is 14.3 Å². The molecule has 1 saturated heterocycles. The first kappa shape index (κ1) is 15.8. The van der Waals surface area contributed by atoms with Crippen molar-refractivity contribution in [1.82, 2.24) is 10.6 Å². The Labute approximate surface area is 110 Å². The predicted octanol–water partition coefficient (Wildman–Crippen LogP) is -2.54. The monoisotopic (exact) mass is 276 g/mol. The quantitative estimate of drug-likeness (QED) is 0.385. The number of aliphatic hydroxyl groups excluding tert-OH is 3. The molecule has 0 bridgehead atoms. The molecule has 19 heavy (non-hydrogen) atoms. The third-order valence-electron chi connectivity index (χ3n) is 2.92. The Bertz CT molecular complexity index is 337. The second-order valence-electron chi connectivity index (χ2n) is 4.41. The van der Waals surface area contributed by atoms with Gasteiger partial charge in [0.15, 0.2) is 6.23 Å². The van der Waals surface area contributed by atoms with E-state index in [-0.39, 0.29) is 12.3 Å². The SMILES string of the molecule is CCC(=O)N[C@@H]1OC(CO)[C@@H](O)[C@H](O)C1NC(C)=O. The molecule has 1 heterocycles. The maximum Gasteiger partial charge on any atom is 0.221 e. The lowest BCUT2D eigenvalue weighted by molar-refractivity contribution is -0.203. The third kappa shape index (κ3) is 3.87. The van der Waals surface area contributed by atoms with Gasteiger partial charge in [0.25, 0.3) is 0 Å². The summed E-state index contributed by atoms with van der Waals surface area (Å²) >= 11 is 0. The van der Waals surface area contributed by atoms with Crippen molar-refractivity contribution in [3.63, 3.8) is 0 Å². The van der Waals surface area contributed by atoms with E-state index in [2.05, 4.69) is 10.6 Å². The molecular formula is C11H20N2O6. The molecule has 0 aromatic carbocycles. The zero-order valence-electron chi connectivity index (χ0n) is 10.9. The van der Waals surface area contributed by atoms with Crippen molar-refractivity contribution >= 4 is 11.8 Å². The lowest BCUT2D eigenvalue weighted by atomic mass is 9.96. The van der Waals surface area contributed by atoms with Gasteiger partial charge in [-0.05, 0) is 0 Å². The van der Waals surface area contributed by atoms with Crippen molar-refractivity contribution < 1.29 is 29.6 Å². The van der Waals surface area contributed by atoms with Crippen LogP contribution >= 0.6 is 0 Å². The molecule has 0 aromatic heterocycles. The average molecular weight is 276 g/mol. The first-order chi connectivity index (χ1) is 8.90. The van der Waals surface area contributed by atoms with E-state index in [9.17, 15) is 19.8 Å². The van der Waals surface area contributed by atoms with E-state index >= 15 is 0 Å². The summed E-state index contributed by atoms with van der Waals surface area (Å²) in [4.78, 5) is 22.5. The number of hydrogen-bond donors (Lipinski definition) is 5. The van der Waals surface area contributed by atoms with Gasteiger partial charge in [-0.1, -0.05) is 6.92 Å². The molecule has 2 unspecified atom stereocenters. The van der Waals surface area contributed by atoms with Crippen molar-refractivity contribution in [3.05, 3.63) is 0 Å². The Hall–Kier alpha value is -1.22. The molecule has 5 N–H and O–H groups in total. The van der Waals surface area contributed by atoms with Crippen LogP contribution in [0.1, 0.15) is 20.3 Å². The zero-order chi connectivity index (χ0) is 14.6. The number of nitrogens with one attached hydrogen (secondary N) is 2. The van der Waals surface area contributed by atoms with Gasteiger partial charge in [0.2, 0.25) is 11.8 Å². The lowest BCUT2D eigenvalue weighted by Gasteiger charge is -2.42. The van der Waals surface area contributed by atoms with Gasteiger partial charge in [-0.2, -0.15) is 0 Å². The van der Waals surface area contributed by atoms with E-state index in [0.29, 0.717) is 0 Å². The van der Waals surface area contributed by atoms with Crippen LogP contribution in [0.2, 0.25) is 0 Å². The number of rotatable bonds is 4. The van der Waals surface area contributed by atoms with Gasteiger partial charge in [-0.25, -0.2) is 0 Å². The Morgan fingerprint density at radius 2 is 1.84 bits per heavy atom. The Morgan fingerprint density at radius 3 is 2.32 bits per heavy atom. The third-order valence-corrected chi connectivity index (χ3v) is 2.92. The molecule has 5 atom stereocenters. The van der Waals surface area contributed by atoms with Crippen LogP contribution in [-0.4, -0.2) is 64.3 Å². The Balaban J connectivity index is 2.86. The summed E-state index contributed by atoms with van der Waals surface area (Å²) < 4.78 is 5.30. The summed E-state index contributed by atoms with van der Waals surface area (Å²) in [6.07, 6.45) is -4.53. The normalized spacial score (nSPS) is 34.7. The number of aliphatic hydroxyl groups is 3. The fourth-order valence-corrected chi connectivity index (χ4v) is 1.90. The van der Waals surface area contributed by atoms with E-state index < -0.39 is 43.1 Å². The van der Waals surface area contributed by atoms with Gasteiger partial charge in [-0.15, -0.1) is 0 Å². The minimum absolute atomic E-state index is 0.203. The highest BCUT2D eigenvalue weighted by Crippen LogP contribution is 2.20. The lowest BCUT2D eigenvalue weighted by Crippen LogP contribution is -2.68. The molecule has 0 saturated carbocycles. The van der Waals surface area contributed by atoms with Crippen molar-refractivity contribution in [2.24, 2.45) is 0 Å². The van der Waals surface area contributed by atoms with Gasteiger partial charge in [0.05, 0.1) is 6.61 Å². The fourth-order valence-electron chi connectivity index (χ4n) is 1.90. The highest BCUT2D eigenvalue weighted by Gasteiger charge is 2.45. The van der Waals surface area contributed by atoms with Gasteiger partial charge >= 0.3 is 0 Å². The van der Waals surface area contributed by atoms with Crippen molar-refractivity contribution in [3.8, 4) is 0 Å². The Kier molecular flexibility index (Phi) is 5.67. The highest BCUT2D eigenvalue weighted by molar-refractivity contribution is 5.76. The molecule has 1 rings (SSSR count). The summed E-state index contributed by atoms with van der Waals surface area (Å²) in [6.45, 7) is 2.37. The standard InChI is InChI=1S/C11H20N2O6/c1-3-7(16)13-11-8(12-5(2)15)10(18)9(17)6(4-14)19-11/h6,8-11,14,17-18H,3-4H2,1-2H3,(H,12,15)(H,13,16)/t6?,8?,9-,10-,11-/m1/s1. The van der Waals surface area contributed by atoms with E-state index in [4.69, 9.17) is 9.84 Å².